The van der Waals surface area contributed by atoms with Crippen molar-refractivity contribution in [3.05, 3.63) is 34.9 Å². The van der Waals surface area contributed by atoms with Gasteiger partial charge in [-0.3, -0.25) is 0 Å². The third-order valence-electron chi connectivity index (χ3n) is 2.96. The predicted octanol–water partition coefficient (Wildman–Crippen LogP) is 1.97. The van der Waals surface area contributed by atoms with Gasteiger partial charge in [0.25, 0.3) is 0 Å². The topological polar surface area (TPSA) is 24.5 Å². The van der Waals surface area contributed by atoms with Gasteiger partial charge in [-0.15, -0.1) is 0 Å². The molecule has 1 aromatic rings. The van der Waals surface area contributed by atoms with Crippen LogP contribution in [-0.2, 0) is 11.3 Å². The lowest BCUT2D eigenvalue weighted by atomic mass is 10.1. The predicted molar refractivity (Wildman–Crippen MR) is 77.0 cm³/mol. The lowest BCUT2D eigenvalue weighted by molar-refractivity contribution is 0.161. The Kier molecular flexibility index (Phi) is 6.94. The largest absolute Gasteiger partial charge is 0.383 e. The van der Waals surface area contributed by atoms with Crippen molar-refractivity contribution < 1.29 is 4.74 Å². The summed E-state index contributed by atoms with van der Waals surface area (Å²) in [5, 5.41) is 3.48. The van der Waals surface area contributed by atoms with Crippen molar-refractivity contribution in [3.8, 4) is 0 Å². The molecule has 0 aliphatic heterocycles. The molecule has 1 N–H and O–H groups in total. The maximum absolute atomic E-state index is 5.05. The number of benzene rings is 1. The summed E-state index contributed by atoms with van der Waals surface area (Å²) in [5.41, 5.74) is 4.04. The number of rotatable bonds is 8. The molecule has 0 bridgehead atoms. The average Bonchev–Trinajstić information content (AvgIpc) is 2.31. The van der Waals surface area contributed by atoms with Crippen LogP contribution in [0.3, 0.4) is 0 Å². The smallest absolute Gasteiger partial charge is 0.0589 e. The molecule has 0 fully saturated rings. The molecule has 102 valence electrons. The Morgan fingerprint density at radius 2 is 1.78 bits per heavy atom. The minimum absolute atomic E-state index is 0.799. The molecule has 0 aliphatic rings. The van der Waals surface area contributed by atoms with E-state index >= 15 is 0 Å². The molecule has 0 amide bonds. The summed E-state index contributed by atoms with van der Waals surface area (Å²) in [6.45, 7) is 9.08. The van der Waals surface area contributed by atoms with Gasteiger partial charge in [-0.05, 0) is 26.5 Å². The first kappa shape index (κ1) is 15.2. The average molecular weight is 250 g/mol. The fourth-order valence-corrected chi connectivity index (χ4v) is 2.03. The van der Waals surface area contributed by atoms with Crippen LogP contribution in [0, 0.1) is 13.8 Å². The molecule has 18 heavy (non-hydrogen) atoms. The number of hydrogen-bond acceptors (Lipinski definition) is 3. The van der Waals surface area contributed by atoms with E-state index in [1.165, 1.54) is 16.7 Å². The Balaban J connectivity index is 2.21. The van der Waals surface area contributed by atoms with Crippen molar-refractivity contribution in [1.29, 1.82) is 0 Å². The first-order chi connectivity index (χ1) is 8.61. The molecule has 0 heterocycles. The Morgan fingerprint density at radius 3 is 2.39 bits per heavy atom. The molecule has 0 unspecified atom stereocenters. The van der Waals surface area contributed by atoms with Crippen molar-refractivity contribution in [2.24, 2.45) is 0 Å². The van der Waals surface area contributed by atoms with Gasteiger partial charge < -0.3 is 15.0 Å². The second kappa shape index (κ2) is 8.25. The number of nitrogens with zero attached hydrogens (tertiary/aromatic N) is 1. The maximum atomic E-state index is 5.05. The highest BCUT2D eigenvalue weighted by atomic mass is 16.5. The third kappa shape index (κ3) is 6.15. The van der Waals surface area contributed by atoms with Gasteiger partial charge in [0.2, 0.25) is 0 Å². The molecule has 0 atom stereocenters. The number of ether oxygens (including phenoxy) is 1. The van der Waals surface area contributed by atoms with Gasteiger partial charge in [0, 0.05) is 33.3 Å². The van der Waals surface area contributed by atoms with Crippen LogP contribution in [0.4, 0.5) is 0 Å². The van der Waals surface area contributed by atoms with Crippen LogP contribution in [0.25, 0.3) is 0 Å². The maximum Gasteiger partial charge on any atom is 0.0589 e. The van der Waals surface area contributed by atoms with E-state index in [0.717, 1.165) is 32.8 Å². The highest BCUT2D eigenvalue weighted by molar-refractivity contribution is 5.28. The quantitative estimate of drug-likeness (QED) is 0.714. The van der Waals surface area contributed by atoms with Crippen LogP contribution in [0.2, 0.25) is 0 Å². The van der Waals surface area contributed by atoms with Crippen molar-refractivity contribution in [3.63, 3.8) is 0 Å². The second-order valence-electron chi connectivity index (χ2n) is 4.97. The molecule has 0 aromatic heterocycles. The molecule has 0 saturated heterocycles. The van der Waals surface area contributed by atoms with Crippen LogP contribution >= 0.6 is 0 Å². The van der Waals surface area contributed by atoms with Crippen molar-refractivity contribution in [2.45, 2.75) is 20.4 Å². The molecule has 1 aromatic carbocycles. The van der Waals surface area contributed by atoms with E-state index in [-0.39, 0.29) is 0 Å². The number of likely N-dealkylation sites (N-methyl/N-ethyl adjacent to an activating group) is 1. The molecule has 0 spiro atoms. The second-order valence-corrected chi connectivity index (χ2v) is 4.97. The molecule has 3 nitrogen and oxygen atoms in total. The highest BCUT2D eigenvalue weighted by Gasteiger charge is 1.98. The first-order valence-electron chi connectivity index (χ1n) is 6.57. The van der Waals surface area contributed by atoms with Gasteiger partial charge in [0.15, 0.2) is 0 Å². The van der Waals surface area contributed by atoms with Gasteiger partial charge in [-0.1, -0.05) is 29.3 Å². The lowest BCUT2D eigenvalue weighted by Crippen LogP contribution is -2.31. The van der Waals surface area contributed by atoms with E-state index in [1.54, 1.807) is 7.11 Å². The fourth-order valence-electron chi connectivity index (χ4n) is 2.03. The van der Waals surface area contributed by atoms with Crippen LogP contribution in [0.1, 0.15) is 16.7 Å². The van der Waals surface area contributed by atoms with E-state index in [4.69, 9.17) is 4.74 Å². The molecule has 1 rings (SSSR count). The van der Waals surface area contributed by atoms with Crippen molar-refractivity contribution >= 4 is 0 Å². The minimum Gasteiger partial charge on any atom is -0.383 e. The highest BCUT2D eigenvalue weighted by Crippen LogP contribution is 2.08. The molecule has 0 aliphatic carbocycles. The zero-order valence-electron chi connectivity index (χ0n) is 12.1. The summed E-state index contributed by atoms with van der Waals surface area (Å²) >= 11 is 0. The number of methoxy groups -OCH3 is 1. The summed E-state index contributed by atoms with van der Waals surface area (Å²) in [6.07, 6.45) is 0. The van der Waals surface area contributed by atoms with Gasteiger partial charge in [-0.2, -0.15) is 0 Å². The van der Waals surface area contributed by atoms with E-state index in [0.29, 0.717) is 0 Å². The monoisotopic (exact) mass is 250 g/mol. The Morgan fingerprint density at radius 1 is 1.11 bits per heavy atom. The summed E-state index contributed by atoms with van der Waals surface area (Å²) in [7, 11) is 3.86. The van der Waals surface area contributed by atoms with Crippen molar-refractivity contribution in [1.82, 2.24) is 10.2 Å². The van der Waals surface area contributed by atoms with Gasteiger partial charge in [-0.25, -0.2) is 0 Å². The van der Waals surface area contributed by atoms with Crippen molar-refractivity contribution in [2.75, 3.05) is 40.4 Å². The summed E-state index contributed by atoms with van der Waals surface area (Å²) in [6, 6.07) is 6.70. The zero-order valence-corrected chi connectivity index (χ0v) is 12.1. The number of nitrogens with one attached hydrogen (secondary N) is 1. The van der Waals surface area contributed by atoms with Gasteiger partial charge >= 0.3 is 0 Å². The van der Waals surface area contributed by atoms with Crippen LogP contribution in [0.15, 0.2) is 18.2 Å². The molecular weight excluding hydrogens is 224 g/mol. The lowest BCUT2D eigenvalue weighted by Gasteiger charge is -2.16. The van der Waals surface area contributed by atoms with Gasteiger partial charge in [0.05, 0.1) is 6.61 Å². The van der Waals surface area contributed by atoms with E-state index in [2.05, 4.69) is 49.3 Å². The SMILES string of the molecule is COCCN(C)CCNCc1cc(C)cc(C)c1. The number of aryl methyl sites for hydroxylation is 2. The third-order valence-corrected chi connectivity index (χ3v) is 2.96. The molecule has 3 heteroatoms. The van der Waals surface area contributed by atoms with Crippen LogP contribution < -0.4 is 5.32 Å². The number of hydrogen-bond donors (Lipinski definition) is 1. The first-order valence-corrected chi connectivity index (χ1v) is 6.57. The van der Waals surface area contributed by atoms with Crippen LogP contribution in [0.5, 0.6) is 0 Å². The molecule has 0 radical (unpaired) electrons. The standard InChI is InChI=1S/C15H26N2O/c1-13-9-14(2)11-15(10-13)12-16-5-6-17(3)7-8-18-4/h9-11,16H,5-8,12H2,1-4H3. The fraction of sp³-hybridized carbons (Fsp3) is 0.600. The minimum atomic E-state index is 0.799. The van der Waals surface area contributed by atoms with E-state index in [1.807, 2.05) is 0 Å². The zero-order chi connectivity index (χ0) is 13.4. The van der Waals surface area contributed by atoms with E-state index in [9.17, 15) is 0 Å². The Bertz CT molecular complexity index is 332. The molecular formula is C15H26N2O. The Hall–Kier alpha value is -0.900. The summed E-state index contributed by atoms with van der Waals surface area (Å²) in [5.74, 6) is 0. The normalized spacial score (nSPS) is 11.2. The van der Waals surface area contributed by atoms with E-state index < -0.39 is 0 Å². The summed E-state index contributed by atoms with van der Waals surface area (Å²) < 4.78 is 5.05. The Labute approximate surface area is 111 Å². The van der Waals surface area contributed by atoms with Crippen LogP contribution in [-0.4, -0.2) is 45.3 Å². The summed E-state index contributed by atoms with van der Waals surface area (Å²) in [4.78, 5) is 2.28. The molecule has 0 saturated carbocycles. The van der Waals surface area contributed by atoms with Gasteiger partial charge in [0.1, 0.15) is 0 Å².